The lowest BCUT2D eigenvalue weighted by atomic mass is 10.1. The Morgan fingerprint density at radius 3 is 2.59 bits per heavy atom. The third-order valence-electron chi connectivity index (χ3n) is 2.52. The molecule has 4 nitrogen and oxygen atoms in total. The lowest BCUT2D eigenvalue weighted by molar-refractivity contribution is -0.105. The summed E-state index contributed by atoms with van der Waals surface area (Å²) in [5.41, 5.74) is 0.0142. The molecule has 0 spiro atoms. The molecule has 6 heteroatoms. The largest absolute Gasteiger partial charge is 0.375 e. The Labute approximate surface area is 105 Å². The van der Waals surface area contributed by atoms with E-state index in [1.165, 1.54) is 0 Å². The van der Waals surface area contributed by atoms with Gasteiger partial charge in [0.25, 0.3) is 9.05 Å². The van der Waals surface area contributed by atoms with Crippen molar-refractivity contribution in [1.82, 2.24) is 0 Å². The average Bonchev–Trinajstić information content (AvgIpc) is 2.29. The normalized spacial score (nSPS) is 25.7. The minimum Gasteiger partial charge on any atom is -0.375 e. The van der Waals surface area contributed by atoms with Gasteiger partial charge < -0.3 is 9.47 Å². The van der Waals surface area contributed by atoms with E-state index in [9.17, 15) is 8.42 Å². The van der Waals surface area contributed by atoms with Gasteiger partial charge in [-0.05, 0) is 5.56 Å². The second-order valence-electron chi connectivity index (χ2n) is 3.89. The van der Waals surface area contributed by atoms with Crippen molar-refractivity contribution >= 4 is 19.7 Å². The molecule has 94 valence electrons. The van der Waals surface area contributed by atoms with Gasteiger partial charge in [0, 0.05) is 17.1 Å². The fraction of sp³-hybridized carbons (Fsp3) is 0.455. The molecule has 0 N–H and O–H groups in total. The van der Waals surface area contributed by atoms with E-state index in [4.69, 9.17) is 20.2 Å². The van der Waals surface area contributed by atoms with Crippen LogP contribution in [0.15, 0.2) is 30.3 Å². The predicted molar refractivity (Wildman–Crippen MR) is 64.4 cm³/mol. The highest BCUT2D eigenvalue weighted by molar-refractivity contribution is 8.14. The lowest BCUT2D eigenvalue weighted by Gasteiger charge is -2.28. The Morgan fingerprint density at radius 2 is 1.94 bits per heavy atom. The van der Waals surface area contributed by atoms with E-state index in [-0.39, 0.29) is 12.7 Å². The van der Waals surface area contributed by atoms with Gasteiger partial charge in [0.15, 0.2) is 5.44 Å². The summed E-state index contributed by atoms with van der Waals surface area (Å²) < 4.78 is 32.9. The van der Waals surface area contributed by atoms with Crippen molar-refractivity contribution in [1.29, 1.82) is 0 Å². The zero-order valence-corrected chi connectivity index (χ0v) is 10.7. The topological polar surface area (TPSA) is 52.6 Å². The average molecular weight is 277 g/mol. The SMILES string of the molecule is O=S(=O)(Cl)C1COCC(Cc2ccccc2)O1. The van der Waals surface area contributed by atoms with Crippen molar-refractivity contribution in [3.05, 3.63) is 35.9 Å². The Bertz CT molecular complexity index is 460. The van der Waals surface area contributed by atoms with E-state index < -0.39 is 14.5 Å². The van der Waals surface area contributed by atoms with Crippen LogP contribution in [0.1, 0.15) is 5.56 Å². The molecule has 2 unspecified atom stereocenters. The minimum absolute atomic E-state index is 0.00285. The molecule has 1 aliphatic heterocycles. The molecule has 2 rings (SSSR count). The van der Waals surface area contributed by atoms with E-state index in [1.807, 2.05) is 30.3 Å². The fourth-order valence-corrected chi connectivity index (χ4v) is 2.55. The molecular weight excluding hydrogens is 264 g/mol. The maximum absolute atomic E-state index is 11.1. The van der Waals surface area contributed by atoms with Crippen LogP contribution in [0.5, 0.6) is 0 Å². The molecule has 0 aromatic heterocycles. The second-order valence-corrected chi connectivity index (χ2v) is 6.66. The summed E-state index contributed by atoms with van der Waals surface area (Å²) in [6, 6.07) is 9.70. The van der Waals surface area contributed by atoms with E-state index in [0.29, 0.717) is 13.0 Å². The Balaban J connectivity index is 1.99. The van der Waals surface area contributed by atoms with E-state index in [1.54, 1.807) is 0 Å². The first-order valence-electron chi connectivity index (χ1n) is 5.26. The Kier molecular flexibility index (Phi) is 4.04. The molecule has 1 heterocycles. The molecular formula is C11H13ClO4S. The van der Waals surface area contributed by atoms with Crippen molar-refractivity contribution in [2.45, 2.75) is 18.0 Å². The number of ether oxygens (including phenoxy) is 2. The molecule has 0 radical (unpaired) electrons. The van der Waals surface area contributed by atoms with E-state index in [2.05, 4.69) is 0 Å². The summed E-state index contributed by atoms with van der Waals surface area (Å²) in [6.07, 6.45) is 0.341. The van der Waals surface area contributed by atoms with Gasteiger partial charge in [0.1, 0.15) is 0 Å². The van der Waals surface area contributed by atoms with Crippen LogP contribution in [0, 0.1) is 0 Å². The first kappa shape index (κ1) is 12.8. The maximum Gasteiger partial charge on any atom is 0.261 e. The molecule has 1 aromatic rings. The summed E-state index contributed by atoms with van der Waals surface area (Å²) in [5, 5.41) is 0. The van der Waals surface area contributed by atoms with E-state index in [0.717, 1.165) is 5.56 Å². The van der Waals surface area contributed by atoms with Gasteiger partial charge in [-0.15, -0.1) is 0 Å². The van der Waals surface area contributed by atoms with Gasteiger partial charge in [0.05, 0.1) is 19.3 Å². The number of benzene rings is 1. The summed E-state index contributed by atoms with van der Waals surface area (Å²) in [7, 11) is 1.52. The van der Waals surface area contributed by atoms with Gasteiger partial charge in [-0.25, -0.2) is 8.42 Å². The van der Waals surface area contributed by atoms with Crippen molar-refractivity contribution in [3.63, 3.8) is 0 Å². The molecule has 1 saturated heterocycles. The fourth-order valence-electron chi connectivity index (χ4n) is 1.72. The molecule has 0 bridgehead atoms. The summed E-state index contributed by atoms with van der Waals surface area (Å²) in [6.45, 7) is 0.384. The molecule has 0 amide bonds. The first-order valence-corrected chi connectivity index (χ1v) is 7.63. The Morgan fingerprint density at radius 1 is 1.24 bits per heavy atom. The van der Waals surface area contributed by atoms with Crippen LogP contribution in [0.2, 0.25) is 0 Å². The molecule has 1 aliphatic rings. The third kappa shape index (κ3) is 3.67. The molecule has 17 heavy (non-hydrogen) atoms. The molecule has 1 aromatic carbocycles. The Hall–Kier alpha value is -0.620. The highest BCUT2D eigenvalue weighted by Crippen LogP contribution is 2.19. The lowest BCUT2D eigenvalue weighted by Crippen LogP contribution is -2.40. The second kappa shape index (κ2) is 5.35. The van der Waals surface area contributed by atoms with Crippen LogP contribution in [-0.4, -0.2) is 33.2 Å². The number of hydrogen-bond donors (Lipinski definition) is 0. The summed E-state index contributed by atoms with van der Waals surface area (Å²) in [5.74, 6) is 0. The molecule has 1 fully saturated rings. The zero-order valence-electron chi connectivity index (χ0n) is 9.08. The van der Waals surface area contributed by atoms with Crippen LogP contribution in [-0.2, 0) is 24.9 Å². The summed E-state index contributed by atoms with van der Waals surface area (Å²) >= 11 is 0. The predicted octanol–water partition coefficient (Wildman–Crippen LogP) is 1.54. The van der Waals surface area contributed by atoms with Crippen molar-refractivity contribution in [2.24, 2.45) is 0 Å². The number of hydrogen-bond acceptors (Lipinski definition) is 4. The standard InChI is InChI=1S/C11H13ClO4S/c12-17(13,14)11-8-15-7-10(16-11)6-9-4-2-1-3-5-9/h1-5,10-11H,6-8H2. The monoisotopic (exact) mass is 276 g/mol. The summed E-state index contributed by atoms with van der Waals surface area (Å²) in [4.78, 5) is 0. The molecule has 0 aliphatic carbocycles. The highest BCUT2D eigenvalue weighted by Gasteiger charge is 2.31. The van der Waals surface area contributed by atoms with Gasteiger partial charge in [-0.1, -0.05) is 30.3 Å². The van der Waals surface area contributed by atoms with Gasteiger partial charge in [-0.3, -0.25) is 0 Å². The third-order valence-corrected chi connectivity index (χ3v) is 3.99. The van der Waals surface area contributed by atoms with E-state index >= 15 is 0 Å². The number of halogens is 1. The van der Waals surface area contributed by atoms with Crippen LogP contribution in [0.25, 0.3) is 0 Å². The minimum atomic E-state index is -3.73. The van der Waals surface area contributed by atoms with Crippen molar-refractivity contribution < 1.29 is 17.9 Å². The maximum atomic E-state index is 11.1. The molecule has 0 saturated carbocycles. The highest BCUT2D eigenvalue weighted by atomic mass is 35.7. The van der Waals surface area contributed by atoms with Crippen LogP contribution >= 0.6 is 10.7 Å². The zero-order chi connectivity index (χ0) is 12.3. The van der Waals surface area contributed by atoms with Gasteiger partial charge in [-0.2, -0.15) is 0 Å². The van der Waals surface area contributed by atoms with Crippen LogP contribution in [0.4, 0.5) is 0 Å². The van der Waals surface area contributed by atoms with Gasteiger partial charge in [0.2, 0.25) is 0 Å². The van der Waals surface area contributed by atoms with Crippen LogP contribution in [0.3, 0.4) is 0 Å². The van der Waals surface area contributed by atoms with Crippen molar-refractivity contribution in [3.8, 4) is 0 Å². The quantitative estimate of drug-likeness (QED) is 0.786. The first-order chi connectivity index (χ1) is 8.05. The number of rotatable bonds is 3. The van der Waals surface area contributed by atoms with Gasteiger partial charge >= 0.3 is 0 Å². The smallest absolute Gasteiger partial charge is 0.261 e. The van der Waals surface area contributed by atoms with Crippen LogP contribution < -0.4 is 0 Å². The van der Waals surface area contributed by atoms with Crippen molar-refractivity contribution in [2.75, 3.05) is 13.2 Å². The molecule has 2 atom stereocenters.